The van der Waals surface area contributed by atoms with Crippen LogP contribution in [0.1, 0.15) is 21.1 Å². The highest BCUT2D eigenvalue weighted by Crippen LogP contribution is 2.34. The summed E-state index contributed by atoms with van der Waals surface area (Å²) in [6.07, 6.45) is -4.73. The first kappa shape index (κ1) is 16.9. The van der Waals surface area contributed by atoms with Gasteiger partial charge in [0.2, 0.25) is 10.0 Å². The van der Waals surface area contributed by atoms with Gasteiger partial charge in [0.1, 0.15) is 0 Å². The Bertz CT molecular complexity index is 783. The molecule has 4 nitrogen and oxygen atoms in total. The minimum absolute atomic E-state index is 0.0914. The molecule has 1 N–H and O–H groups in total. The molecule has 0 amide bonds. The van der Waals surface area contributed by atoms with E-state index in [1.165, 1.54) is 17.4 Å². The molecule has 2 rings (SSSR count). The van der Waals surface area contributed by atoms with Gasteiger partial charge >= 0.3 is 6.18 Å². The summed E-state index contributed by atoms with van der Waals surface area (Å²) in [4.78, 5) is 4.04. The Morgan fingerprint density at radius 2 is 1.86 bits per heavy atom. The molecule has 0 aliphatic rings. The third-order valence-electron chi connectivity index (χ3n) is 2.90. The van der Waals surface area contributed by atoms with Crippen molar-refractivity contribution in [2.75, 3.05) is 0 Å². The van der Waals surface area contributed by atoms with Crippen molar-refractivity contribution in [3.05, 3.63) is 45.4 Å². The van der Waals surface area contributed by atoms with Gasteiger partial charge in [-0.15, -0.1) is 11.3 Å². The number of aromatic nitrogens is 1. The zero-order chi connectivity index (χ0) is 16.5. The molecule has 0 spiro atoms. The predicted molar refractivity (Wildman–Crippen MR) is 77.1 cm³/mol. The van der Waals surface area contributed by atoms with Gasteiger partial charge in [-0.2, -0.15) is 13.2 Å². The fourth-order valence-corrected chi connectivity index (χ4v) is 4.10. The number of thiazole rings is 1. The molecule has 120 valence electrons. The number of hydrogen-bond donors (Lipinski definition) is 1. The van der Waals surface area contributed by atoms with Gasteiger partial charge in [0.15, 0.2) is 0 Å². The van der Waals surface area contributed by atoms with E-state index >= 15 is 0 Å². The van der Waals surface area contributed by atoms with Crippen LogP contribution in [0.3, 0.4) is 0 Å². The van der Waals surface area contributed by atoms with Crippen LogP contribution >= 0.6 is 11.3 Å². The van der Waals surface area contributed by atoms with Crippen molar-refractivity contribution in [2.24, 2.45) is 0 Å². The molecule has 0 radical (unpaired) electrons. The smallest absolute Gasteiger partial charge is 0.247 e. The number of nitrogens with zero attached hydrogens (tertiary/aromatic N) is 1. The number of hydrogen-bond acceptors (Lipinski definition) is 4. The van der Waals surface area contributed by atoms with Crippen molar-refractivity contribution in [1.29, 1.82) is 0 Å². The molecular weight excluding hydrogens is 337 g/mol. The fourth-order valence-electron chi connectivity index (χ4n) is 1.91. The lowest BCUT2D eigenvalue weighted by molar-refractivity contribution is -0.139. The average molecular weight is 350 g/mol. The van der Waals surface area contributed by atoms with Crippen LogP contribution in [0.15, 0.2) is 29.2 Å². The Balaban J connectivity index is 2.30. The van der Waals surface area contributed by atoms with Crippen molar-refractivity contribution in [3.8, 4) is 0 Å². The second-order valence-electron chi connectivity index (χ2n) is 4.56. The maximum atomic E-state index is 12.9. The standard InChI is InChI=1S/C13H13F3N2O2S2/c1-8-11(21-9(2)18-8)7-17-22(19,20)12-6-4-3-5-10(12)13(14,15)16/h3-6,17H,7H2,1-2H3. The first-order valence-electron chi connectivity index (χ1n) is 6.20. The first-order valence-corrected chi connectivity index (χ1v) is 8.50. The lowest BCUT2D eigenvalue weighted by Gasteiger charge is -2.13. The van der Waals surface area contributed by atoms with Gasteiger partial charge in [-0.1, -0.05) is 12.1 Å². The SMILES string of the molecule is Cc1nc(C)c(CNS(=O)(=O)c2ccccc2C(F)(F)F)s1. The number of benzene rings is 1. The summed E-state index contributed by atoms with van der Waals surface area (Å²) in [6, 6.07) is 4.09. The van der Waals surface area contributed by atoms with Gasteiger partial charge < -0.3 is 0 Å². The van der Waals surface area contributed by atoms with E-state index in [1.54, 1.807) is 13.8 Å². The van der Waals surface area contributed by atoms with Gasteiger partial charge in [-0.25, -0.2) is 18.1 Å². The summed E-state index contributed by atoms with van der Waals surface area (Å²) in [7, 11) is -4.27. The Morgan fingerprint density at radius 1 is 1.23 bits per heavy atom. The summed E-state index contributed by atoms with van der Waals surface area (Å²) in [5.74, 6) is 0. The van der Waals surface area contributed by atoms with Crippen LogP contribution < -0.4 is 4.72 Å². The van der Waals surface area contributed by atoms with Crippen LogP contribution in [-0.2, 0) is 22.7 Å². The zero-order valence-corrected chi connectivity index (χ0v) is 13.4. The number of rotatable bonds is 4. The maximum Gasteiger partial charge on any atom is 0.417 e. The highest BCUT2D eigenvalue weighted by Gasteiger charge is 2.36. The van der Waals surface area contributed by atoms with Crippen molar-refractivity contribution >= 4 is 21.4 Å². The van der Waals surface area contributed by atoms with E-state index in [0.29, 0.717) is 10.6 Å². The average Bonchev–Trinajstić information content (AvgIpc) is 2.74. The van der Waals surface area contributed by atoms with Gasteiger partial charge in [0.05, 0.1) is 21.2 Å². The molecule has 0 atom stereocenters. The molecule has 0 saturated carbocycles. The van der Waals surface area contributed by atoms with E-state index in [4.69, 9.17) is 0 Å². The molecule has 22 heavy (non-hydrogen) atoms. The molecule has 1 aromatic heterocycles. The lowest BCUT2D eigenvalue weighted by Crippen LogP contribution is -2.26. The van der Waals surface area contributed by atoms with Crippen LogP contribution in [0.2, 0.25) is 0 Å². The Morgan fingerprint density at radius 3 is 2.41 bits per heavy atom. The number of sulfonamides is 1. The molecule has 1 aromatic carbocycles. The second kappa shape index (κ2) is 5.98. The normalized spacial score (nSPS) is 12.6. The van der Waals surface area contributed by atoms with Gasteiger partial charge in [-0.3, -0.25) is 0 Å². The minimum atomic E-state index is -4.73. The monoisotopic (exact) mass is 350 g/mol. The second-order valence-corrected chi connectivity index (χ2v) is 7.58. The van der Waals surface area contributed by atoms with E-state index in [1.807, 2.05) is 0 Å². The van der Waals surface area contributed by atoms with Crippen molar-refractivity contribution < 1.29 is 21.6 Å². The Labute approximate surface area is 130 Å². The highest BCUT2D eigenvalue weighted by atomic mass is 32.2. The third-order valence-corrected chi connectivity index (χ3v) is 5.44. The summed E-state index contributed by atoms with van der Waals surface area (Å²) in [5.41, 5.74) is -0.519. The fraction of sp³-hybridized carbons (Fsp3) is 0.308. The van der Waals surface area contributed by atoms with E-state index < -0.39 is 26.7 Å². The first-order chi connectivity index (χ1) is 10.1. The van der Waals surface area contributed by atoms with Crippen LogP contribution in [-0.4, -0.2) is 13.4 Å². The topological polar surface area (TPSA) is 59.1 Å². The molecule has 0 fully saturated rings. The molecule has 2 aromatic rings. The van der Waals surface area contributed by atoms with Crippen molar-refractivity contribution in [2.45, 2.75) is 31.5 Å². The van der Waals surface area contributed by atoms with Crippen LogP contribution in [0.5, 0.6) is 0 Å². The summed E-state index contributed by atoms with van der Waals surface area (Å²) < 4.78 is 65.3. The van der Waals surface area contributed by atoms with Crippen LogP contribution in [0.25, 0.3) is 0 Å². The summed E-state index contributed by atoms with van der Waals surface area (Å²) in [6.45, 7) is 3.40. The van der Waals surface area contributed by atoms with E-state index in [2.05, 4.69) is 9.71 Å². The maximum absolute atomic E-state index is 12.9. The molecule has 1 heterocycles. The number of aryl methyl sites for hydroxylation is 2. The van der Waals surface area contributed by atoms with Crippen LogP contribution in [0, 0.1) is 13.8 Å². The van der Waals surface area contributed by atoms with E-state index in [9.17, 15) is 21.6 Å². The molecule has 0 aliphatic carbocycles. The molecule has 9 heteroatoms. The van der Waals surface area contributed by atoms with Gasteiger partial charge in [-0.05, 0) is 26.0 Å². The van der Waals surface area contributed by atoms with Crippen molar-refractivity contribution in [1.82, 2.24) is 9.71 Å². The number of alkyl halides is 3. The van der Waals surface area contributed by atoms with Crippen LogP contribution in [0.4, 0.5) is 13.2 Å². The summed E-state index contributed by atoms with van der Waals surface area (Å²) >= 11 is 1.30. The molecule has 0 bridgehead atoms. The molecule has 0 aliphatic heterocycles. The van der Waals surface area contributed by atoms with E-state index in [0.717, 1.165) is 23.2 Å². The lowest BCUT2D eigenvalue weighted by atomic mass is 10.2. The number of nitrogens with one attached hydrogen (secondary N) is 1. The van der Waals surface area contributed by atoms with Gasteiger partial charge in [0, 0.05) is 11.4 Å². The predicted octanol–water partition coefficient (Wildman–Crippen LogP) is 3.26. The highest BCUT2D eigenvalue weighted by molar-refractivity contribution is 7.89. The molecule has 0 unspecified atom stereocenters. The third kappa shape index (κ3) is 3.65. The Hall–Kier alpha value is -1.45. The molecular formula is C13H13F3N2O2S2. The Kier molecular flexibility index (Phi) is 4.59. The largest absolute Gasteiger partial charge is 0.417 e. The molecule has 0 saturated heterocycles. The van der Waals surface area contributed by atoms with E-state index in [-0.39, 0.29) is 6.54 Å². The summed E-state index contributed by atoms with van der Waals surface area (Å²) in [5, 5.41) is 0.766. The van der Waals surface area contributed by atoms with Crippen molar-refractivity contribution in [3.63, 3.8) is 0 Å². The number of halogens is 3. The quantitative estimate of drug-likeness (QED) is 0.921. The minimum Gasteiger partial charge on any atom is -0.247 e. The van der Waals surface area contributed by atoms with Gasteiger partial charge in [0.25, 0.3) is 0 Å². The zero-order valence-electron chi connectivity index (χ0n) is 11.7.